The first-order chi connectivity index (χ1) is 1.73. The van der Waals surface area contributed by atoms with Crippen LogP contribution in [0.1, 0.15) is 0 Å². The Morgan fingerprint density at radius 3 is 1.00 bits per heavy atom. The second kappa shape index (κ2) is 4.91. The molecule has 0 unspecified atom stereocenters. The molecule has 0 saturated carbocycles. The Balaban J connectivity index is 0. The summed E-state index contributed by atoms with van der Waals surface area (Å²) in [6, 6.07) is 0. The fourth-order valence-corrected chi connectivity index (χ4v) is 0. The van der Waals surface area contributed by atoms with E-state index in [1.807, 2.05) is 0 Å². The summed E-state index contributed by atoms with van der Waals surface area (Å²) in [6.45, 7) is 6.81. The van der Waals surface area contributed by atoms with Crippen LogP contribution in [0.5, 0.6) is 0 Å². The summed E-state index contributed by atoms with van der Waals surface area (Å²) in [6.07, 6.45) is 0. The molecule has 0 aliphatic carbocycles. The Bertz CT molecular complexity index is 11.6. The fourth-order valence-electron chi connectivity index (χ4n) is 0. The molecule has 0 saturated heterocycles. The van der Waals surface area contributed by atoms with E-state index in [4.69, 9.17) is 0 Å². The third kappa shape index (κ3) is 50.5. The van der Waals surface area contributed by atoms with E-state index in [-0.39, 0.29) is 29.9 Å². The molecule has 0 N–H and O–H groups in total. The molecular formula is C3H9SiW. The van der Waals surface area contributed by atoms with E-state index in [1.165, 1.54) is 0 Å². The summed E-state index contributed by atoms with van der Waals surface area (Å²) in [4.78, 5) is 0. The van der Waals surface area contributed by atoms with Crippen LogP contribution in [-0.4, -0.2) is 8.80 Å². The average Bonchev–Trinajstić information content (AvgIpc) is 0.811. The molecule has 0 atom stereocenters. The van der Waals surface area contributed by atoms with Crippen molar-refractivity contribution in [1.29, 1.82) is 0 Å². The van der Waals surface area contributed by atoms with Crippen molar-refractivity contribution in [3.05, 3.63) is 0 Å². The summed E-state index contributed by atoms with van der Waals surface area (Å²) in [7, 11) is 0.120. The molecular weight excluding hydrogens is 248 g/mol. The van der Waals surface area contributed by atoms with Crippen LogP contribution < -0.4 is 0 Å². The van der Waals surface area contributed by atoms with Crippen LogP contribution in [0.25, 0.3) is 0 Å². The van der Waals surface area contributed by atoms with E-state index >= 15 is 0 Å². The van der Waals surface area contributed by atoms with Crippen LogP contribution >= 0.6 is 0 Å². The predicted octanol–water partition coefficient (Wildman–Crippen LogP) is 1.37. The first-order valence-electron chi connectivity index (χ1n) is 1.50. The maximum Gasteiger partial charge on any atom is 0.0379 e. The van der Waals surface area contributed by atoms with Crippen LogP contribution in [0.4, 0.5) is 0 Å². The van der Waals surface area contributed by atoms with E-state index in [0.29, 0.717) is 0 Å². The molecule has 0 heterocycles. The smallest absolute Gasteiger partial charge is 0.0379 e. The van der Waals surface area contributed by atoms with Gasteiger partial charge in [-0.15, -0.1) is 0 Å². The molecule has 0 rings (SSSR count). The van der Waals surface area contributed by atoms with E-state index in [9.17, 15) is 0 Å². The van der Waals surface area contributed by atoms with E-state index < -0.39 is 0 Å². The Labute approximate surface area is 49.8 Å². The normalized spacial score (nSPS) is 7.20. The van der Waals surface area contributed by atoms with Gasteiger partial charge in [0.15, 0.2) is 0 Å². The molecule has 0 aliphatic rings. The van der Waals surface area contributed by atoms with Gasteiger partial charge in [-0.3, -0.25) is 0 Å². The third-order valence-electron chi connectivity index (χ3n) is 0. The number of hydrogen-bond donors (Lipinski definition) is 0. The Kier molecular flexibility index (Phi) is 9.14. The van der Waals surface area contributed by atoms with Crippen LogP contribution in [0.15, 0.2) is 0 Å². The van der Waals surface area contributed by atoms with Crippen molar-refractivity contribution in [3.63, 3.8) is 0 Å². The molecule has 2 heteroatoms. The second-order valence-electron chi connectivity index (χ2n) is 1.50. The molecule has 5 heavy (non-hydrogen) atoms. The number of hydrogen-bond acceptors (Lipinski definition) is 0. The molecule has 31 valence electrons. The van der Waals surface area contributed by atoms with Gasteiger partial charge in [-0.25, -0.2) is 0 Å². The van der Waals surface area contributed by atoms with Crippen molar-refractivity contribution in [3.8, 4) is 0 Å². The molecule has 1 radical (unpaired) electrons. The molecule has 0 aromatic carbocycles. The van der Waals surface area contributed by atoms with Gasteiger partial charge in [0.2, 0.25) is 0 Å². The van der Waals surface area contributed by atoms with Crippen LogP contribution in [0.2, 0.25) is 19.6 Å². The van der Waals surface area contributed by atoms with Gasteiger partial charge in [0.25, 0.3) is 0 Å². The minimum Gasteiger partial charge on any atom is -0.0715 e. The minimum absolute atomic E-state index is 0. The largest absolute Gasteiger partial charge is 0.0715 e. The zero-order valence-corrected chi connectivity index (χ0v) is 7.84. The van der Waals surface area contributed by atoms with Crippen molar-refractivity contribution >= 4 is 8.80 Å². The van der Waals surface area contributed by atoms with Gasteiger partial charge < -0.3 is 0 Å². The molecule has 0 aliphatic heterocycles. The number of rotatable bonds is 0. The monoisotopic (exact) mass is 257 g/mol. The Morgan fingerprint density at radius 2 is 1.00 bits per heavy atom. The summed E-state index contributed by atoms with van der Waals surface area (Å²) < 4.78 is 0. The first kappa shape index (κ1) is 9.32. The SMILES string of the molecule is C[Si](C)C.[W]. The summed E-state index contributed by atoms with van der Waals surface area (Å²) >= 11 is 0. The van der Waals surface area contributed by atoms with Crippen LogP contribution in [-0.2, 0) is 21.1 Å². The van der Waals surface area contributed by atoms with Gasteiger partial charge in [-0.05, 0) is 0 Å². The standard InChI is InChI=1S/C3H9Si.W/c1-4(2)3;/h1-3H3;. The Morgan fingerprint density at radius 1 is 1.00 bits per heavy atom. The fraction of sp³-hybridized carbons (Fsp3) is 1.00. The molecule has 0 aromatic rings. The van der Waals surface area contributed by atoms with Crippen molar-refractivity contribution < 1.29 is 21.1 Å². The van der Waals surface area contributed by atoms with Gasteiger partial charge in [-0.2, -0.15) is 0 Å². The van der Waals surface area contributed by atoms with Crippen molar-refractivity contribution in [2.24, 2.45) is 0 Å². The zero-order chi connectivity index (χ0) is 3.58. The van der Waals surface area contributed by atoms with Gasteiger partial charge in [-0.1, -0.05) is 19.6 Å². The van der Waals surface area contributed by atoms with Crippen molar-refractivity contribution in [1.82, 2.24) is 0 Å². The quantitative estimate of drug-likeness (QED) is 0.575. The average molecular weight is 257 g/mol. The molecule has 0 aromatic heterocycles. The zero-order valence-electron chi connectivity index (χ0n) is 3.91. The Hall–Kier alpha value is 0.905. The molecule has 0 amide bonds. The van der Waals surface area contributed by atoms with Crippen molar-refractivity contribution in [2.75, 3.05) is 0 Å². The maximum atomic E-state index is 2.27. The van der Waals surface area contributed by atoms with Crippen LogP contribution in [0.3, 0.4) is 0 Å². The van der Waals surface area contributed by atoms with Gasteiger partial charge in [0, 0.05) is 29.9 Å². The van der Waals surface area contributed by atoms with E-state index in [2.05, 4.69) is 19.6 Å². The summed E-state index contributed by atoms with van der Waals surface area (Å²) in [5, 5.41) is 0. The minimum atomic E-state index is 0. The van der Waals surface area contributed by atoms with Crippen molar-refractivity contribution in [2.45, 2.75) is 19.6 Å². The molecule has 0 spiro atoms. The van der Waals surface area contributed by atoms with E-state index in [1.54, 1.807) is 0 Å². The van der Waals surface area contributed by atoms with E-state index in [0.717, 1.165) is 0 Å². The van der Waals surface area contributed by atoms with Gasteiger partial charge in [0.05, 0.1) is 0 Å². The molecule has 0 fully saturated rings. The van der Waals surface area contributed by atoms with Gasteiger partial charge >= 0.3 is 0 Å². The second-order valence-corrected chi connectivity index (χ2v) is 4.50. The molecule has 0 bridgehead atoms. The maximum absolute atomic E-state index is 2.27. The van der Waals surface area contributed by atoms with Crippen LogP contribution in [0, 0.1) is 0 Å². The molecule has 0 nitrogen and oxygen atoms in total. The third-order valence-corrected chi connectivity index (χ3v) is 0. The summed E-state index contributed by atoms with van der Waals surface area (Å²) in [5.41, 5.74) is 0. The topological polar surface area (TPSA) is 0 Å². The summed E-state index contributed by atoms with van der Waals surface area (Å²) in [5.74, 6) is 0. The van der Waals surface area contributed by atoms with Gasteiger partial charge in [0.1, 0.15) is 0 Å². The first-order valence-corrected chi connectivity index (χ1v) is 4.50. The predicted molar refractivity (Wildman–Crippen MR) is 23.3 cm³/mol.